The van der Waals surface area contributed by atoms with Gasteiger partial charge in [0, 0.05) is 27.6 Å². The average Bonchev–Trinajstić information content (AvgIpc) is 3.06. The van der Waals surface area contributed by atoms with Crippen LogP contribution in [0.3, 0.4) is 0 Å². The number of carbonyl (C=O) groups excluding carboxylic acids is 2. The van der Waals surface area contributed by atoms with Crippen molar-refractivity contribution in [3.05, 3.63) is 89.2 Å². The van der Waals surface area contributed by atoms with Gasteiger partial charge in [0.25, 0.3) is 5.91 Å². The van der Waals surface area contributed by atoms with E-state index in [0.29, 0.717) is 33.3 Å². The Morgan fingerprint density at radius 2 is 1.62 bits per heavy atom. The standard InChI is InChI=1S/C21H11FN2O2/c22-13-6-3-5-12(11-13)21(26)24-17-10-4-9-16-18(17)19(23-24)14-7-1-2-8-15(14)20(16)25/h1-11H. The Balaban J connectivity index is 1.82. The summed E-state index contributed by atoms with van der Waals surface area (Å²) in [6, 6.07) is 17.9. The van der Waals surface area contributed by atoms with E-state index in [2.05, 4.69) is 5.10 Å². The van der Waals surface area contributed by atoms with Crippen molar-refractivity contribution in [1.29, 1.82) is 0 Å². The molecule has 0 spiro atoms. The van der Waals surface area contributed by atoms with Gasteiger partial charge in [0.1, 0.15) is 11.5 Å². The van der Waals surface area contributed by atoms with E-state index >= 15 is 0 Å². The lowest BCUT2D eigenvalue weighted by Gasteiger charge is -2.13. The molecule has 0 saturated carbocycles. The van der Waals surface area contributed by atoms with Gasteiger partial charge in [-0.05, 0) is 24.3 Å². The number of ketones is 1. The minimum absolute atomic E-state index is 0.0866. The Morgan fingerprint density at radius 3 is 2.42 bits per heavy atom. The van der Waals surface area contributed by atoms with Gasteiger partial charge in [0.15, 0.2) is 5.78 Å². The molecule has 1 aliphatic rings. The molecular formula is C21H11FN2O2. The Morgan fingerprint density at radius 1 is 0.885 bits per heavy atom. The van der Waals surface area contributed by atoms with Crippen LogP contribution in [0.1, 0.15) is 26.3 Å². The average molecular weight is 342 g/mol. The van der Waals surface area contributed by atoms with Crippen LogP contribution < -0.4 is 0 Å². The molecule has 0 aliphatic heterocycles. The highest BCUT2D eigenvalue weighted by atomic mass is 19.1. The van der Waals surface area contributed by atoms with Crippen molar-refractivity contribution in [2.45, 2.75) is 0 Å². The van der Waals surface area contributed by atoms with E-state index in [1.165, 1.54) is 22.9 Å². The zero-order chi connectivity index (χ0) is 17.8. The lowest BCUT2D eigenvalue weighted by atomic mass is 9.87. The normalized spacial score (nSPS) is 12.3. The molecule has 0 amide bonds. The summed E-state index contributed by atoms with van der Waals surface area (Å²) in [7, 11) is 0. The summed E-state index contributed by atoms with van der Waals surface area (Å²) in [4.78, 5) is 25.7. The summed E-state index contributed by atoms with van der Waals surface area (Å²) in [5.74, 6) is -1.01. The second kappa shape index (κ2) is 5.20. The third-order valence-corrected chi connectivity index (χ3v) is 4.64. The lowest BCUT2D eigenvalue weighted by molar-refractivity contribution is 0.0949. The second-order valence-corrected chi connectivity index (χ2v) is 6.15. The maximum absolute atomic E-state index is 13.5. The van der Waals surface area contributed by atoms with E-state index in [-0.39, 0.29) is 11.3 Å². The quantitative estimate of drug-likeness (QED) is 0.461. The van der Waals surface area contributed by atoms with Gasteiger partial charge >= 0.3 is 0 Å². The first-order chi connectivity index (χ1) is 12.6. The zero-order valence-electron chi connectivity index (χ0n) is 13.4. The number of aromatic nitrogens is 2. The number of carbonyl (C=O) groups is 2. The predicted molar refractivity (Wildman–Crippen MR) is 94.7 cm³/mol. The fourth-order valence-corrected chi connectivity index (χ4v) is 3.48. The molecule has 0 saturated heterocycles. The highest BCUT2D eigenvalue weighted by Crippen LogP contribution is 2.38. The van der Waals surface area contributed by atoms with Gasteiger partial charge in [-0.3, -0.25) is 9.59 Å². The summed E-state index contributed by atoms with van der Waals surface area (Å²) >= 11 is 0. The number of hydrogen-bond acceptors (Lipinski definition) is 3. The SMILES string of the molecule is O=C1c2ccccc2-c2nn(C(=O)c3cccc(F)c3)c3cccc1c23. The van der Waals surface area contributed by atoms with Gasteiger partial charge in [-0.2, -0.15) is 9.78 Å². The number of benzene rings is 3. The van der Waals surface area contributed by atoms with Crippen molar-refractivity contribution in [1.82, 2.24) is 9.78 Å². The van der Waals surface area contributed by atoms with E-state index in [9.17, 15) is 14.0 Å². The Kier molecular flexibility index (Phi) is 2.94. The second-order valence-electron chi connectivity index (χ2n) is 6.15. The van der Waals surface area contributed by atoms with Crippen molar-refractivity contribution in [3.8, 4) is 11.3 Å². The highest BCUT2D eigenvalue weighted by molar-refractivity contribution is 6.25. The summed E-state index contributed by atoms with van der Waals surface area (Å²) in [6.07, 6.45) is 0. The molecule has 3 aromatic carbocycles. The van der Waals surface area contributed by atoms with Crippen LogP contribution in [0.25, 0.3) is 22.2 Å². The first-order valence-electron chi connectivity index (χ1n) is 8.11. The molecule has 0 unspecified atom stereocenters. The predicted octanol–water partition coefficient (Wildman–Crippen LogP) is 4.08. The number of halogens is 1. The van der Waals surface area contributed by atoms with Crippen LogP contribution in [0.15, 0.2) is 66.7 Å². The van der Waals surface area contributed by atoms with Gasteiger partial charge < -0.3 is 0 Å². The highest BCUT2D eigenvalue weighted by Gasteiger charge is 2.29. The van der Waals surface area contributed by atoms with E-state index < -0.39 is 11.7 Å². The third kappa shape index (κ3) is 1.91. The Labute approximate surface area is 147 Å². The molecule has 5 heteroatoms. The first kappa shape index (κ1) is 14.7. The molecule has 5 rings (SSSR count). The molecule has 26 heavy (non-hydrogen) atoms. The first-order valence-corrected chi connectivity index (χ1v) is 8.11. The van der Waals surface area contributed by atoms with Gasteiger partial charge in [0.2, 0.25) is 0 Å². The fourth-order valence-electron chi connectivity index (χ4n) is 3.48. The van der Waals surface area contributed by atoms with E-state index in [1.807, 2.05) is 12.1 Å². The largest absolute Gasteiger partial charge is 0.289 e. The van der Waals surface area contributed by atoms with Crippen molar-refractivity contribution in [3.63, 3.8) is 0 Å². The maximum Gasteiger partial charge on any atom is 0.278 e. The van der Waals surface area contributed by atoms with Crippen molar-refractivity contribution in [2.75, 3.05) is 0 Å². The molecule has 0 fully saturated rings. The monoisotopic (exact) mass is 342 g/mol. The van der Waals surface area contributed by atoms with Crippen molar-refractivity contribution >= 4 is 22.6 Å². The molecule has 124 valence electrons. The molecule has 4 aromatic rings. The van der Waals surface area contributed by atoms with Crippen LogP contribution in [0.2, 0.25) is 0 Å². The van der Waals surface area contributed by atoms with Crippen LogP contribution in [0.5, 0.6) is 0 Å². The summed E-state index contributed by atoms with van der Waals surface area (Å²) in [6.45, 7) is 0. The number of nitrogens with zero attached hydrogens (tertiary/aromatic N) is 2. The molecule has 1 heterocycles. The van der Waals surface area contributed by atoms with Crippen molar-refractivity contribution in [2.24, 2.45) is 0 Å². The molecule has 0 N–H and O–H groups in total. The molecule has 0 radical (unpaired) electrons. The summed E-state index contributed by atoms with van der Waals surface area (Å²) < 4.78 is 14.8. The van der Waals surface area contributed by atoms with Crippen LogP contribution in [-0.4, -0.2) is 21.5 Å². The topological polar surface area (TPSA) is 52.0 Å². The maximum atomic E-state index is 13.5. The zero-order valence-corrected chi connectivity index (χ0v) is 13.4. The molecule has 1 aliphatic carbocycles. The van der Waals surface area contributed by atoms with Crippen LogP contribution >= 0.6 is 0 Å². The number of fused-ring (bicyclic) bond motifs is 2. The minimum atomic E-state index is -0.488. The van der Waals surface area contributed by atoms with E-state index in [4.69, 9.17) is 0 Å². The van der Waals surface area contributed by atoms with Crippen LogP contribution in [0, 0.1) is 5.82 Å². The van der Waals surface area contributed by atoms with Crippen LogP contribution in [0.4, 0.5) is 4.39 Å². The molecule has 1 aromatic heterocycles. The smallest absolute Gasteiger partial charge is 0.278 e. The molecular weight excluding hydrogens is 331 g/mol. The van der Waals surface area contributed by atoms with Gasteiger partial charge in [-0.25, -0.2) is 4.39 Å². The van der Waals surface area contributed by atoms with Crippen molar-refractivity contribution < 1.29 is 14.0 Å². The molecule has 0 bridgehead atoms. The lowest BCUT2D eigenvalue weighted by Crippen LogP contribution is -2.13. The number of hydrogen-bond donors (Lipinski definition) is 0. The van der Waals surface area contributed by atoms with E-state index in [0.717, 1.165) is 0 Å². The number of rotatable bonds is 1. The van der Waals surface area contributed by atoms with Gasteiger partial charge in [-0.1, -0.05) is 42.5 Å². The summed E-state index contributed by atoms with van der Waals surface area (Å²) in [5, 5.41) is 5.15. The third-order valence-electron chi connectivity index (χ3n) is 4.64. The Hall–Kier alpha value is -3.60. The van der Waals surface area contributed by atoms with Crippen LogP contribution in [-0.2, 0) is 0 Å². The minimum Gasteiger partial charge on any atom is -0.289 e. The van der Waals surface area contributed by atoms with E-state index in [1.54, 1.807) is 36.4 Å². The molecule has 0 atom stereocenters. The summed E-state index contributed by atoms with van der Waals surface area (Å²) in [5.41, 5.74) is 3.12. The molecule has 4 nitrogen and oxygen atoms in total. The Bertz CT molecular complexity index is 1240. The fraction of sp³-hybridized carbons (Fsp3) is 0. The van der Waals surface area contributed by atoms with Gasteiger partial charge in [-0.15, -0.1) is 0 Å². The van der Waals surface area contributed by atoms with Gasteiger partial charge in [0.05, 0.1) is 5.52 Å².